The van der Waals surface area contributed by atoms with Gasteiger partial charge in [-0.1, -0.05) is 20.8 Å². The van der Waals surface area contributed by atoms with Crippen molar-refractivity contribution in [3.05, 3.63) is 17.8 Å². The van der Waals surface area contributed by atoms with Crippen LogP contribution >= 0.6 is 11.3 Å². The third kappa shape index (κ3) is 3.15. The van der Waals surface area contributed by atoms with Crippen LogP contribution < -0.4 is 10.2 Å². The maximum Gasteiger partial charge on any atom is 0.220 e. The highest BCUT2D eigenvalue weighted by atomic mass is 32.1. The molecule has 0 aromatic carbocycles. The molecule has 0 bridgehead atoms. The lowest BCUT2D eigenvalue weighted by Gasteiger charge is -2.40. The molecule has 1 fully saturated rings. The van der Waals surface area contributed by atoms with Gasteiger partial charge in [0.15, 0.2) is 0 Å². The molecule has 0 unspecified atom stereocenters. The van der Waals surface area contributed by atoms with Crippen LogP contribution in [0.4, 0.5) is 5.82 Å². The van der Waals surface area contributed by atoms with Crippen LogP contribution in [0.5, 0.6) is 0 Å². The number of anilines is 1. The Morgan fingerprint density at radius 1 is 1.43 bits per heavy atom. The van der Waals surface area contributed by atoms with E-state index in [-0.39, 0.29) is 17.4 Å². The lowest BCUT2D eigenvalue weighted by Crippen LogP contribution is -2.60. The molecule has 1 aliphatic rings. The lowest BCUT2D eigenvalue weighted by atomic mass is 9.91. The second kappa shape index (κ2) is 5.26. The van der Waals surface area contributed by atoms with Gasteiger partial charge < -0.3 is 10.2 Å². The van der Waals surface area contributed by atoms with E-state index in [9.17, 15) is 4.79 Å². The summed E-state index contributed by atoms with van der Waals surface area (Å²) in [6.07, 6.45) is 2.17. The molecule has 1 amide bonds. The van der Waals surface area contributed by atoms with E-state index in [1.54, 1.807) is 17.7 Å². The van der Waals surface area contributed by atoms with Gasteiger partial charge in [0.2, 0.25) is 5.91 Å². The average Bonchev–Trinajstić information content (AvgIpc) is 2.79. The molecule has 2 aromatic heterocycles. The topological polar surface area (TPSA) is 58.1 Å². The summed E-state index contributed by atoms with van der Waals surface area (Å²) in [4.78, 5) is 22.8. The first-order valence-corrected chi connectivity index (χ1v) is 8.03. The number of rotatable bonds is 3. The first-order valence-electron chi connectivity index (χ1n) is 7.15. The van der Waals surface area contributed by atoms with E-state index in [0.717, 1.165) is 29.1 Å². The van der Waals surface area contributed by atoms with E-state index >= 15 is 0 Å². The quantitative estimate of drug-likeness (QED) is 0.946. The minimum atomic E-state index is 0.0311. The zero-order chi connectivity index (χ0) is 15.0. The monoisotopic (exact) mass is 304 g/mol. The van der Waals surface area contributed by atoms with Gasteiger partial charge >= 0.3 is 0 Å². The van der Waals surface area contributed by atoms with E-state index in [1.807, 2.05) is 11.4 Å². The standard InChI is InChI=1S/C15H20N4OS/c1-15(2,3)6-12(20)18-10-7-19(8-10)14-13-11(4-5-21-13)16-9-17-14/h4-5,9-10H,6-8H2,1-3H3,(H,18,20). The van der Waals surface area contributed by atoms with Crippen LogP contribution in [0.15, 0.2) is 17.8 Å². The van der Waals surface area contributed by atoms with Gasteiger partial charge in [-0.15, -0.1) is 11.3 Å². The highest BCUT2D eigenvalue weighted by Crippen LogP contribution is 2.30. The van der Waals surface area contributed by atoms with E-state index in [4.69, 9.17) is 0 Å². The van der Waals surface area contributed by atoms with Crippen molar-refractivity contribution in [2.75, 3.05) is 18.0 Å². The van der Waals surface area contributed by atoms with Crippen LogP contribution in [0, 0.1) is 5.41 Å². The summed E-state index contributed by atoms with van der Waals surface area (Å²) in [6, 6.07) is 2.23. The van der Waals surface area contributed by atoms with Crippen LogP contribution in [0.25, 0.3) is 10.2 Å². The summed E-state index contributed by atoms with van der Waals surface area (Å²) in [6.45, 7) is 7.87. The second-order valence-electron chi connectivity index (χ2n) is 6.74. The molecular formula is C15H20N4OS. The lowest BCUT2D eigenvalue weighted by molar-refractivity contribution is -0.123. The fraction of sp³-hybridized carbons (Fsp3) is 0.533. The van der Waals surface area contributed by atoms with Crippen LogP contribution in [-0.2, 0) is 4.79 Å². The van der Waals surface area contributed by atoms with Crippen LogP contribution in [-0.4, -0.2) is 35.0 Å². The Hall–Kier alpha value is -1.69. The zero-order valence-corrected chi connectivity index (χ0v) is 13.4. The van der Waals surface area contributed by atoms with Gasteiger partial charge in [0, 0.05) is 19.5 Å². The van der Waals surface area contributed by atoms with Gasteiger partial charge in [0.25, 0.3) is 0 Å². The SMILES string of the molecule is CC(C)(C)CC(=O)NC1CN(c2ncnc3ccsc23)C1. The third-order valence-electron chi connectivity index (χ3n) is 3.46. The Labute approximate surface area is 128 Å². The van der Waals surface area contributed by atoms with Crippen molar-refractivity contribution in [1.82, 2.24) is 15.3 Å². The molecule has 0 aliphatic carbocycles. The number of hydrogen-bond acceptors (Lipinski definition) is 5. The normalized spacial score (nSPS) is 16.0. The third-order valence-corrected chi connectivity index (χ3v) is 4.36. The summed E-state index contributed by atoms with van der Waals surface area (Å²) in [5.41, 5.74) is 1.02. The summed E-state index contributed by atoms with van der Waals surface area (Å²) >= 11 is 1.66. The van der Waals surface area contributed by atoms with Crippen molar-refractivity contribution in [3.63, 3.8) is 0 Å². The van der Waals surface area contributed by atoms with Crippen molar-refractivity contribution in [3.8, 4) is 0 Å². The Morgan fingerprint density at radius 2 is 2.19 bits per heavy atom. The molecular weight excluding hydrogens is 284 g/mol. The molecule has 21 heavy (non-hydrogen) atoms. The summed E-state index contributed by atoms with van der Waals surface area (Å²) in [5, 5.41) is 5.13. The molecule has 1 N–H and O–H groups in total. The van der Waals surface area contributed by atoms with Crippen molar-refractivity contribution in [1.29, 1.82) is 0 Å². The number of nitrogens with zero attached hydrogens (tertiary/aromatic N) is 3. The molecule has 112 valence electrons. The smallest absolute Gasteiger partial charge is 0.220 e. The van der Waals surface area contributed by atoms with E-state index in [2.05, 4.69) is 41.0 Å². The fourth-order valence-corrected chi connectivity index (χ4v) is 3.37. The summed E-state index contributed by atoms with van der Waals surface area (Å²) in [5.74, 6) is 1.12. The maximum atomic E-state index is 11.9. The minimum Gasteiger partial charge on any atom is -0.351 e. The summed E-state index contributed by atoms with van der Waals surface area (Å²) in [7, 11) is 0. The van der Waals surface area contributed by atoms with Crippen molar-refractivity contribution in [2.45, 2.75) is 33.2 Å². The highest BCUT2D eigenvalue weighted by molar-refractivity contribution is 7.17. The van der Waals surface area contributed by atoms with Gasteiger partial charge in [-0.2, -0.15) is 0 Å². The fourth-order valence-electron chi connectivity index (χ4n) is 2.50. The van der Waals surface area contributed by atoms with Crippen LogP contribution in [0.1, 0.15) is 27.2 Å². The highest BCUT2D eigenvalue weighted by Gasteiger charge is 2.31. The van der Waals surface area contributed by atoms with Crippen LogP contribution in [0.2, 0.25) is 0 Å². The first-order chi connectivity index (χ1) is 9.92. The van der Waals surface area contributed by atoms with Crippen LogP contribution in [0.3, 0.4) is 0 Å². The number of aromatic nitrogens is 2. The maximum absolute atomic E-state index is 11.9. The van der Waals surface area contributed by atoms with Gasteiger partial charge in [0.05, 0.1) is 16.3 Å². The van der Waals surface area contributed by atoms with Gasteiger partial charge in [-0.25, -0.2) is 9.97 Å². The molecule has 6 heteroatoms. The predicted octanol–water partition coefficient (Wildman–Crippen LogP) is 2.43. The Bertz CT molecular complexity index is 655. The average molecular weight is 304 g/mol. The number of amides is 1. The van der Waals surface area contributed by atoms with Gasteiger partial charge in [0.1, 0.15) is 12.1 Å². The number of fused-ring (bicyclic) bond motifs is 1. The number of carbonyl (C=O) groups is 1. The number of hydrogen-bond donors (Lipinski definition) is 1. The Morgan fingerprint density at radius 3 is 2.90 bits per heavy atom. The molecule has 0 saturated carbocycles. The van der Waals surface area contributed by atoms with Crippen molar-refractivity contribution >= 4 is 33.3 Å². The Balaban J connectivity index is 1.59. The number of nitrogens with one attached hydrogen (secondary N) is 1. The molecule has 0 atom stereocenters. The molecule has 1 saturated heterocycles. The molecule has 3 heterocycles. The molecule has 0 radical (unpaired) electrons. The zero-order valence-electron chi connectivity index (χ0n) is 12.6. The molecule has 5 nitrogen and oxygen atoms in total. The minimum absolute atomic E-state index is 0.0311. The molecule has 1 aliphatic heterocycles. The van der Waals surface area contributed by atoms with Crippen molar-refractivity contribution in [2.24, 2.45) is 5.41 Å². The van der Waals surface area contributed by atoms with Crippen molar-refractivity contribution < 1.29 is 4.79 Å². The number of carbonyl (C=O) groups excluding carboxylic acids is 1. The van der Waals surface area contributed by atoms with Gasteiger partial charge in [-0.3, -0.25) is 4.79 Å². The van der Waals surface area contributed by atoms with E-state index < -0.39 is 0 Å². The molecule has 0 spiro atoms. The molecule has 3 rings (SSSR count). The first kappa shape index (κ1) is 14.3. The second-order valence-corrected chi connectivity index (χ2v) is 7.66. The molecule has 2 aromatic rings. The Kier molecular flexibility index (Phi) is 3.57. The summed E-state index contributed by atoms with van der Waals surface area (Å²) < 4.78 is 1.12. The predicted molar refractivity (Wildman–Crippen MR) is 85.6 cm³/mol. The largest absolute Gasteiger partial charge is 0.351 e. The van der Waals surface area contributed by atoms with Gasteiger partial charge in [-0.05, 0) is 16.9 Å². The van der Waals surface area contributed by atoms with E-state index in [1.165, 1.54) is 0 Å². The van der Waals surface area contributed by atoms with E-state index in [0.29, 0.717) is 6.42 Å². The number of thiophene rings is 1.